The van der Waals surface area contributed by atoms with Crippen molar-refractivity contribution in [1.82, 2.24) is 5.32 Å². The summed E-state index contributed by atoms with van der Waals surface area (Å²) in [4.78, 5) is 22.9. The molecule has 0 spiro atoms. The van der Waals surface area contributed by atoms with Crippen LogP contribution < -0.4 is 11.1 Å². The van der Waals surface area contributed by atoms with Gasteiger partial charge in [-0.15, -0.1) is 0 Å². The molecule has 0 saturated heterocycles. The summed E-state index contributed by atoms with van der Waals surface area (Å²) in [5.41, 5.74) is 6.07. The van der Waals surface area contributed by atoms with Crippen LogP contribution in [0.3, 0.4) is 0 Å². The molecule has 0 fully saturated rings. The number of rotatable bonds is 6. The highest BCUT2D eigenvalue weighted by Gasteiger charge is 2.35. The summed E-state index contributed by atoms with van der Waals surface area (Å²) in [6.45, 7) is 1.06. The van der Waals surface area contributed by atoms with Crippen LogP contribution in [0.15, 0.2) is 11.6 Å². The summed E-state index contributed by atoms with van der Waals surface area (Å²) in [5.74, 6) is -2.22. The molecular formula is C14H24N2O4. The predicted molar refractivity (Wildman–Crippen MR) is 75.2 cm³/mol. The molecule has 20 heavy (non-hydrogen) atoms. The van der Waals surface area contributed by atoms with Crippen molar-refractivity contribution in [1.29, 1.82) is 0 Å². The Morgan fingerprint density at radius 2 is 2.25 bits per heavy atom. The number of carboxylic acid groups (broad SMARTS) is 1. The van der Waals surface area contributed by atoms with E-state index in [4.69, 9.17) is 19.7 Å². The second kappa shape index (κ2) is 7.40. The molecule has 0 aliphatic heterocycles. The number of carbonyl (C=O) groups excluding carboxylic acids is 1. The Bertz CT molecular complexity index is 475. The number of carbonyl (C=O) groups is 2. The Labute approximate surface area is 123 Å². The minimum absolute atomic E-state index is 0.0318. The fourth-order valence-corrected chi connectivity index (χ4v) is 2.32. The van der Waals surface area contributed by atoms with Crippen molar-refractivity contribution in [3.63, 3.8) is 0 Å². The van der Waals surface area contributed by atoms with Crippen molar-refractivity contribution >= 4 is 11.9 Å². The first-order valence-corrected chi connectivity index (χ1v) is 6.76. The lowest BCUT2D eigenvalue weighted by molar-refractivity contribution is -0.133. The van der Waals surface area contributed by atoms with E-state index in [1.54, 1.807) is 0 Å². The molecule has 0 saturated carbocycles. The van der Waals surface area contributed by atoms with Crippen molar-refractivity contribution in [2.75, 3.05) is 0 Å². The van der Waals surface area contributed by atoms with Gasteiger partial charge >= 0.3 is 5.97 Å². The Kier molecular flexibility index (Phi) is 4.57. The molecule has 3 atom stereocenters. The molecular weight excluding hydrogens is 260 g/mol. The molecule has 1 aliphatic carbocycles. The van der Waals surface area contributed by atoms with Crippen LogP contribution in [0.2, 0.25) is 0 Å². The predicted octanol–water partition coefficient (Wildman–Crippen LogP) is 0.807. The second-order valence-electron chi connectivity index (χ2n) is 4.90. The third-order valence-corrected chi connectivity index (χ3v) is 3.47. The molecule has 0 aromatic rings. The summed E-state index contributed by atoms with van der Waals surface area (Å²) in [6, 6.07) is -1.52. The van der Waals surface area contributed by atoms with Crippen LogP contribution in [0, 0.1) is 0 Å². The lowest BCUT2D eigenvalue weighted by Crippen LogP contribution is -2.57. The smallest absolute Gasteiger partial charge is 0.331 e. The first-order chi connectivity index (χ1) is 10.6. The van der Waals surface area contributed by atoms with Crippen LogP contribution in [0.25, 0.3) is 0 Å². The van der Waals surface area contributed by atoms with E-state index in [9.17, 15) is 9.59 Å². The zero-order chi connectivity index (χ0) is 17.8. The normalized spacial score (nSPS) is 29.1. The molecule has 0 aromatic heterocycles. The Hall–Kier alpha value is -1.40. The van der Waals surface area contributed by atoms with Crippen LogP contribution in [-0.4, -0.2) is 41.3 Å². The third-order valence-electron chi connectivity index (χ3n) is 3.47. The molecule has 1 aliphatic rings. The van der Waals surface area contributed by atoms with Gasteiger partial charge in [0.2, 0.25) is 5.91 Å². The molecule has 6 nitrogen and oxygen atoms in total. The van der Waals surface area contributed by atoms with Gasteiger partial charge in [-0.25, -0.2) is 4.79 Å². The zero-order valence-electron chi connectivity index (χ0n) is 14.8. The standard InChI is InChI=1S/C14H24N2O4/c1-4-10(5-2)20-12-7-9(14(18)19)6-11(15)13(12)16-8(3)17/h7,10-13H,4-6,15H2,1-3H3,(H,16,17)(H,18,19)/t11-,12?,13+/m0/s1/i3D3. The zero-order valence-corrected chi connectivity index (χ0v) is 11.8. The molecule has 0 radical (unpaired) electrons. The number of hydrogen-bond donors (Lipinski definition) is 3. The molecule has 6 heteroatoms. The van der Waals surface area contributed by atoms with Crippen LogP contribution in [0.5, 0.6) is 0 Å². The van der Waals surface area contributed by atoms with E-state index >= 15 is 0 Å². The highest BCUT2D eigenvalue weighted by atomic mass is 16.5. The molecule has 0 heterocycles. The van der Waals surface area contributed by atoms with E-state index in [2.05, 4.69) is 5.32 Å². The third kappa shape index (κ3) is 4.31. The Balaban J connectivity index is 3.03. The van der Waals surface area contributed by atoms with E-state index in [0.717, 1.165) is 0 Å². The molecule has 0 bridgehead atoms. The summed E-state index contributed by atoms with van der Waals surface area (Å²) in [6.07, 6.45) is 1.94. The number of nitrogens with one attached hydrogen (secondary N) is 1. The van der Waals surface area contributed by atoms with Gasteiger partial charge in [0.05, 0.1) is 18.2 Å². The monoisotopic (exact) mass is 287 g/mol. The van der Waals surface area contributed by atoms with Crippen molar-refractivity contribution in [2.45, 2.75) is 64.3 Å². The van der Waals surface area contributed by atoms with Gasteiger partial charge in [-0.1, -0.05) is 13.8 Å². The quantitative estimate of drug-likeness (QED) is 0.671. The van der Waals surface area contributed by atoms with Crippen molar-refractivity contribution in [3.8, 4) is 0 Å². The van der Waals surface area contributed by atoms with Crippen LogP contribution in [0.4, 0.5) is 0 Å². The van der Waals surface area contributed by atoms with E-state index in [0.29, 0.717) is 12.8 Å². The summed E-state index contributed by atoms with van der Waals surface area (Å²) < 4.78 is 27.3. The summed E-state index contributed by atoms with van der Waals surface area (Å²) in [5, 5.41) is 11.5. The lowest BCUT2D eigenvalue weighted by atomic mass is 9.88. The van der Waals surface area contributed by atoms with Gasteiger partial charge in [0, 0.05) is 22.6 Å². The lowest BCUT2D eigenvalue weighted by Gasteiger charge is -2.36. The molecule has 114 valence electrons. The van der Waals surface area contributed by atoms with Gasteiger partial charge in [0.1, 0.15) is 0 Å². The number of carboxylic acids is 1. The maximum Gasteiger partial charge on any atom is 0.331 e. The second-order valence-corrected chi connectivity index (χ2v) is 4.90. The summed E-state index contributed by atoms with van der Waals surface area (Å²) in [7, 11) is 0. The van der Waals surface area contributed by atoms with Crippen molar-refractivity contribution < 1.29 is 23.5 Å². The Morgan fingerprint density at radius 1 is 1.60 bits per heavy atom. The first kappa shape index (κ1) is 12.3. The van der Waals surface area contributed by atoms with Crippen LogP contribution in [-0.2, 0) is 14.3 Å². The van der Waals surface area contributed by atoms with E-state index < -0.39 is 36.9 Å². The van der Waals surface area contributed by atoms with Crippen LogP contribution in [0.1, 0.15) is 44.1 Å². The van der Waals surface area contributed by atoms with E-state index in [1.165, 1.54) is 6.08 Å². The fraction of sp³-hybridized carbons (Fsp3) is 0.714. The fourth-order valence-electron chi connectivity index (χ4n) is 2.32. The molecule has 1 amide bonds. The topological polar surface area (TPSA) is 102 Å². The number of hydrogen-bond acceptors (Lipinski definition) is 4. The maximum atomic E-state index is 11.7. The first-order valence-electron chi connectivity index (χ1n) is 8.26. The molecule has 0 aromatic carbocycles. The van der Waals surface area contributed by atoms with Crippen molar-refractivity contribution in [3.05, 3.63) is 11.6 Å². The number of amides is 1. The van der Waals surface area contributed by atoms with Gasteiger partial charge in [-0.2, -0.15) is 0 Å². The van der Waals surface area contributed by atoms with E-state index in [-0.39, 0.29) is 18.1 Å². The number of nitrogens with two attached hydrogens (primary N) is 1. The van der Waals surface area contributed by atoms with Gasteiger partial charge in [-0.3, -0.25) is 4.79 Å². The number of ether oxygens (including phenoxy) is 1. The molecule has 1 unspecified atom stereocenters. The SMILES string of the molecule is [2H]C([2H])([2H])C(=O)N[C@H]1C(OC(CC)CC)C=C(C(=O)O)C[C@@H]1N. The Morgan fingerprint density at radius 3 is 2.75 bits per heavy atom. The average molecular weight is 287 g/mol. The maximum absolute atomic E-state index is 11.7. The van der Waals surface area contributed by atoms with Gasteiger partial charge in [0.25, 0.3) is 0 Å². The minimum Gasteiger partial charge on any atom is -0.478 e. The number of aliphatic carboxylic acids is 1. The van der Waals surface area contributed by atoms with Gasteiger partial charge in [0.15, 0.2) is 0 Å². The molecule has 4 N–H and O–H groups in total. The minimum atomic E-state index is -2.80. The highest BCUT2D eigenvalue weighted by molar-refractivity contribution is 5.87. The van der Waals surface area contributed by atoms with Gasteiger partial charge < -0.3 is 20.9 Å². The average Bonchev–Trinajstić information content (AvgIpc) is 2.45. The highest BCUT2D eigenvalue weighted by Crippen LogP contribution is 2.23. The van der Waals surface area contributed by atoms with Crippen LogP contribution >= 0.6 is 0 Å². The van der Waals surface area contributed by atoms with Crippen molar-refractivity contribution in [2.24, 2.45) is 5.73 Å². The van der Waals surface area contributed by atoms with Gasteiger partial charge in [-0.05, 0) is 25.3 Å². The molecule has 1 rings (SSSR count). The summed E-state index contributed by atoms with van der Waals surface area (Å²) >= 11 is 0. The van der Waals surface area contributed by atoms with E-state index in [1.807, 2.05) is 13.8 Å². The largest absolute Gasteiger partial charge is 0.478 e.